The predicted molar refractivity (Wildman–Crippen MR) is 76.1 cm³/mol. The minimum atomic E-state index is 0.391. The molecule has 1 aromatic heterocycles. The zero-order chi connectivity index (χ0) is 13.7. The second kappa shape index (κ2) is 7.08. The summed E-state index contributed by atoms with van der Waals surface area (Å²) in [4.78, 5) is 2.40. The Morgan fingerprint density at radius 2 is 2.37 bits per heavy atom. The van der Waals surface area contributed by atoms with Crippen LogP contribution in [-0.4, -0.2) is 37.7 Å². The number of aryl methyl sites for hydroxylation is 1. The van der Waals surface area contributed by atoms with E-state index in [1.54, 1.807) is 7.11 Å². The molecule has 0 spiro atoms. The first-order valence-corrected chi connectivity index (χ1v) is 7.27. The smallest absolute Gasteiger partial charge is 0.118 e. The lowest BCUT2D eigenvalue weighted by atomic mass is 10.2. The highest BCUT2D eigenvalue weighted by molar-refractivity contribution is 5.20. The normalized spacial score (nSPS) is 20.3. The molecule has 19 heavy (non-hydrogen) atoms. The Hall–Kier alpha value is -0.840. The number of methoxy groups -OCH3 is 1. The molecule has 4 nitrogen and oxygen atoms in total. The van der Waals surface area contributed by atoms with Crippen LogP contribution in [0.3, 0.4) is 0 Å². The van der Waals surface area contributed by atoms with E-state index in [1.165, 1.54) is 5.56 Å². The van der Waals surface area contributed by atoms with Crippen molar-refractivity contribution < 1.29 is 9.15 Å². The Morgan fingerprint density at radius 1 is 1.53 bits per heavy atom. The number of likely N-dealkylation sites (tertiary alicyclic amines) is 1. The molecular weight excluding hydrogens is 240 g/mol. The summed E-state index contributed by atoms with van der Waals surface area (Å²) in [6, 6.07) is 2.19. The zero-order valence-electron chi connectivity index (χ0n) is 12.4. The van der Waals surface area contributed by atoms with Crippen molar-refractivity contribution in [3.8, 4) is 0 Å². The Labute approximate surface area is 116 Å². The van der Waals surface area contributed by atoms with Crippen LogP contribution in [-0.2, 0) is 17.8 Å². The molecule has 1 aliphatic heterocycles. The largest absolute Gasteiger partial charge is 0.465 e. The number of rotatable bonds is 7. The second-order valence-electron chi connectivity index (χ2n) is 5.35. The van der Waals surface area contributed by atoms with Crippen LogP contribution in [0.2, 0.25) is 0 Å². The molecule has 1 atom stereocenters. The standard InChI is InChI=1S/C15H26N2O2/c1-4-6-16-9-13-8-15(19-12(13)2)11-17-7-5-14(10-17)18-3/h8,14,16H,4-7,9-11H2,1-3H3. The summed E-state index contributed by atoms with van der Waals surface area (Å²) in [5.74, 6) is 2.11. The minimum Gasteiger partial charge on any atom is -0.465 e. The first-order chi connectivity index (χ1) is 9.22. The first-order valence-electron chi connectivity index (χ1n) is 7.27. The number of ether oxygens (including phenoxy) is 1. The Bertz CT molecular complexity index is 389. The van der Waals surface area contributed by atoms with E-state index >= 15 is 0 Å². The summed E-state index contributed by atoms with van der Waals surface area (Å²) >= 11 is 0. The lowest BCUT2D eigenvalue weighted by Crippen LogP contribution is -2.22. The molecule has 4 heteroatoms. The fraction of sp³-hybridized carbons (Fsp3) is 0.733. The molecule has 1 aliphatic rings. The fourth-order valence-corrected chi connectivity index (χ4v) is 2.59. The molecule has 2 rings (SSSR count). The molecule has 0 saturated carbocycles. The maximum Gasteiger partial charge on any atom is 0.118 e. The van der Waals surface area contributed by atoms with Crippen molar-refractivity contribution in [1.29, 1.82) is 0 Å². The van der Waals surface area contributed by atoms with Gasteiger partial charge < -0.3 is 14.5 Å². The van der Waals surface area contributed by atoms with Crippen molar-refractivity contribution in [2.45, 2.75) is 45.9 Å². The van der Waals surface area contributed by atoms with E-state index in [4.69, 9.17) is 9.15 Å². The lowest BCUT2D eigenvalue weighted by molar-refractivity contribution is 0.106. The number of hydrogen-bond donors (Lipinski definition) is 1. The van der Waals surface area contributed by atoms with Crippen LogP contribution < -0.4 is 5.32 Å². The van der Waals surface area contributed by atoms with Gasteiger partial charge in [0, 0.05) is 32.3 Å². The van der Waals surface area contributed by atoms with Crippen LogP contribution in [0.4, 0.5) is 0 Å². The maximum atomic E-state index is 5.85. The molecule has 108 valence electrons. The molecule has 0 aliphatic carbocycles. The summed E-state index contributed by atoms with van der Waals surface area (Å²) in [6.45, 7) is 9.20. The van der Waals surface area contributed by atoms with Crippen LogP contribution in [0.15, 0.2) is 10.5 Å². The number of furan rings is 1. The van der Waals surface area contributed by atoms with Crippen LogP contribution in [0.5, 0.6) is 0 Å². The number of nitrogens with one attached hydrogen (secondary N) is 1. The van der Waals surface area contributed by atoms with Crippen molar-refractivity contribution >= 4 is 0 Å². The van der Waals surface area contributed by atoms with E-state index in [0.717, 1.165) is 57.1 Å². The quantitative estimate of drug-likeness (QED) is 0.769. The van der Waals surface area contributed by atoms with Gasteiger partial charge in [0.1, 0.15) is 11.5 Å². The van der Waals surface area contributed by atoms with Crippen LogP contribution in [0, 0.1) is 6.92 Å². The average molecular weight is 266 g/mol. The van der Waals surface area contributed by atoms with E-state index in [1.807, 2.05) is 6.92 Å². The van der Waals surface area contributed by atoms with Gasteiger partial charge in [-0.15, -0.1) is 0 Å². The van der Waals surface area contributed by atoms with Gasteiger partial charge >= 0.3 is 0 Å². The highest BCUT2D eigenvalue weighted by atomic mass is 16.5. The summed E-state index contributed by atoms with van der Waals surface area (Å²) in [7, 11) is 1.79. The van der Waals surface area contributed by atoms with E-state index in [2.05, 4.69) is 23.2 Å². The summed E-state index contributed by atoms with van der Waals surface area (Å²) in [5.41, 5.74) is 1.28. The van der Waals surface area contributed by atoms with Gasteiger partial charge in [-0.05, 0) is 32.4 Å². The third-order valence-corrected chi connectivity index (χ3v) is 3.76. The number of nitrogens with zero attached hydrogens (tertiary/aromatic N) is 1. The van der Waals surface area contributed by atoms with Crippen molar-refractivity contribution in [3.05, 3.63) is 23.2 Å². The van der Waals surface area contributed by atoms with E-state index in [9.17, 15) is 0 Å². The van der Waals surface area contributed by atoms with Crippen LogP contribution in [0.25, 0.3) is 0 Å². The summed E-state index contributed by atoms with van der Waals surface area (Å²) in [6.07, 6.45) is 2.68. The molecule has 2 heterocycles. The van der Waals surface area contributed by atoms with Crippen molar-refractivity contribution in [2.75, 3.05) is 26.7 Å². The van der Waals surface area contributed by atoms with E-state index in [0.29, 0.717) is 6.10 Å². The third kappa shape index (κ3) is 4.06. The molecule has 1 fully saturated rings. The second-order valence-corrected chi connectivity index (χ2v) is 5.35. The number of hydrogen-bond acceptors (Lipinski definition) is 4. The molecule has 1 aromatic rings. The van der Waals surface area contributed by atoms with E-state index in [-0.39, 0.29) is 0 Å². The van der Waals surface area contributed by atoms with Gasteiger partial charge in [-0.25, -0.2) is 0 Å². The molecule has 1 saturated heterocycles. The topological polar surface area (TPSA) is 37.6 Å². The Balaban J connectivity index is 1.85. The average Bonchev–Trinajstić information content (AvgIpc) is 2.98. The predicted octanol–water partition coefficient (Wildman–Crippen LogP) is 2.31. The van der Waals surface area contributed by atoms with Gasteiger partial charge in [0.2, 0.25) is 0 Å². The van der Waals surface area contributed by atoms with Crippen molar-refractivity contribution in [3.63, 3.8) is 0 Å². The van der Waals surface area contributed by atoms with Crippen molar-refractivity contribution in [2.24, 2.45) is 0 Å². The molecule has 1 N–H and O–H groups in total. The summed E-state index contributed by atoms with van der Waals surface area (Å²) in [5, 5.41) is 3.42. The lowest BCUT2D eigenvalue weighted by Gasteiger charge is -2.13. The zero-order valence-corrected chi connectivity index (χ0v) is 12.4. The highest BCUT2D eigenvalue weighted by Gasteiger charge is 2.23. The molecule has 0 amide bonds. The fourth-order valence-electron chi connectivity index (χ4n) is 2.59. The van der Waals surface area contributed by atoms with E-state index < -0.39 is 0 Å². The summed E-state index contributed by atoms with van der Waals surface area (Å²) < 4.78 is 11.2. The molecule has 0 radical (unpaired) electrons. The maximum absolute atomic E-state index is 5.85. The van der Waals surface area contributed by atoms with Gasteiger partial charge in [-0.2, -0.15) is 0 Å². The molecule has 0 bridgehead atoms. The van der Waals surface area contributed by atoms with Gasteiger partial charge in [-0.3, -0.25) is 4.90 Å². The van der Waals surface area contributed by atoms with Gasteiger partial charge in [0.15, 0.2) is 0 Å². The van der Waals surface area contributed by atoms with Crippen molar-refractivity contribution in [1.82, 2.24) is 10.2 Å². The Kier molecular flexibility index (Phi) is 5.43. The highest BCUT2D eigenvalue weighted by Crippen LogP contribution is 2.19. The van der Waals surface area contributed by atoms with Gasteiger partial charge in [0.25, 0.3) is 0 Å². The van der Waals surface area contributed by atoms with Crippen LogP contribution >= 0.6 is 0 Å². The molecule has 0 aromatic carbocycles. The molecule has 1 unspecified atom stereocenters. The third-order valence-electron chi connectivity index (χ3n) is 3.76. The van der Waals surface area contributed by atoms with Gasteiger partial charge in [0.05, 0.1) is 12.6 Å². The Morgan fingerprint density at radius 3 is 3.05 bits per heavy atom. The minimum absolute atomic E-state index is 0.391. The van der Waals surface area contributed by atoms with Gasteiger partial charge in [-0.1, -0.05) is 6.92 Å². The SMILES string of the molecule is CCCNCc1cc(CN2CCC(OC)C2)oc1C. The first kappa shape index (κ1) is 14.6. The molecular formula is C15H26N2O2. The monoisotopic (exact) mass is 266 g/mol. The van der Waals surface area contributed by atoms with Crippen LogP contribution in [0.1, 0.15) is 36.8 Å².